The normalized spacial score (nSPS) is 12.2. The van der Waals surface area contributed by atoms with Crippen LogP contribution in [0.4, 0.5) is 4.79 Å². The summed E-state index contributed by atoms with van der Waals surface area (Å²) < 4.78 is 5.28. The molecule has 3 rings (SSSR count). The fourth-order valence-electron chi connectivity index (χ4n) is 2.73. The number of H-pyrrole nitrogens is 1. The average Bonchev–Trinajstić information content (AvgIpc) is 2.95. The van der Waals surface area contributed by atoms with Gasteiger partial charge in [-0.25, -0.2) is 4.79 Å². The molecule has 4 heteroatoms. The van der Waals surface area contributed by atoms with E-state index < -0.39 is 6.09 Å². The van der Waals surface area contributed by atoms with Gasteiger partial charge in [0.2, 0.25) is 0 Å². The largest absolute Gasteiger partial charge is 0.442 e. The van der Waals surface area contributed by atoms with E-state index in [2.05, 4.69) is 11.1 Å². The number of fused-ring (bicyclic) bond motifs is 1. The van der Waals surface area contributed by atoms with Gasteiger partial charge in [0.05, 0.1) is 0 Å². The van der Waals surface area contributed by atoms with E-state index in [-0.39, 0.29) is 6.10 Å². The number of ether oxygens (including phenoxy) is 1. The van der Waals surface area contributed by atoms with Gasteiger partial charge in [0.15, 0.2) is 0 Å². The highest BCUT2D eigenvalue weighted by atomic mass is 16.6. The topological polar surface area (TPSA) is 68.1 Å². The lowest BCUT2D eigenvalue weighted by molar-refractivity contribution is 0.101. The standard InChI is InChI=1S/C18H18N2O2/c19-18(21)22-17(13-6-2-1-3-7-13)11-10-14-12-20-16-9-5-4-8-15(14)16/h1-9,12,17,20H,10-11H2,(H2,19,21)/t17-/m0/s1. The zero-order chi connectivity index (χ0) is 15.4. The molecule has 0 aliphatic rings. The van der Waals surface area contributed by atoms with Crippen molar-refractivity contribution in [2.24, 2.45) is 5.73 Å². The zero-order valence-electron chi connectivity index (χ0n) is 12.2. The van der Waals surface area contributed by atoms with Gasteiger partial charge < -0.3 is 15.5 Å². The number of carbonyl (C=O) groups is 1. The van der Waals surface area contributed by atoms with E-state index in [9.17, 15) is 4.79 Å². The minimum absolute atomic E-state index is 0.327. The Hall–Kier alpha value is -2.75. The van der Waals surface area contributed by atoms with Gasteiger partial charge >= 0.3 is 6.09 Å². The van der Waals surface area contributed by atoms with Crippen molar-refractivity contribution in [3.63, 3.8) is 0 Å². The van der Waals surface area contributed by atoms with Gasteiger partial charge in [0.1, 0.15) is 6.10 Å². The molecule has 0 aliphatic heterocycles. The van der Waals surface area contributed by atoms with E-state index in [0.29, 0.717) is 6.42 Å². The first kappa shape index (κ1) is 14.2. The second kappa shape index (κ2) is 6.35. The molecular formula is C18H18N2O2. The van der Waals surface area contributed by atoms with Crippen LogP contribution in [0.1, 0.15) is 23.7 Å². The van der Waals surface area contributed by atoms with Crippen LogP contribution >= 0.6 is 0 Å². The molecule has 0 spiro atoms. The molecule has 0 saturated heterocycles. The Morgan fingerprint density at radius 3 is 2.59 bits per heavy atom. The molecule has 112 valence electrons. The highest BCUT2D eigenvalue weighted by Gasteiger charge is 2.16. The summed E-state index contributed by atoms with van der Waals surface area (Å²) in [5.74, 6) is 0. The molecule has 0 fully saturated rings. The number of hydrogen-bond donors (Lipinski definition) is 2. The summed E-state index contributed by atoms with van der Waals surface area (Å²) in [7, 11) is 0. The predicted octanol–water partition coefficient (Wildman–Crippen LogP) is 3.94. The quantitative estimate of drug-likeness (QED) is 0.748. The number of aryl methyl sites for hydroxylation is 1. The average molecular weight is 294 g/mol. The molecule has 0 saturated carbocycles. The summed E-state index contributed by atoms with van der Waals surface area (Å²) in [4.78, 5) is 14.4. The molecule has 3 aromatic rings. The number of carbonyl (C=O) groups excluding carboxylic acids is 1. The van der Waals surface area contributed by atoms with Crippen molar-refractivity contribution in [1.82, 2.24) is 4.98 Å². The monoisotopic (exact) mass is 294 g/mol. The maximum absolute atomic E-state index is 11.2. The molecule has 3 N–H and O–H groups in total. The van der Waals surface area contributed by atoms with E-state index in [1.807, 2.05) is 54.7 Å². The molecule has 1 heterocycles. The summed E-state index contributed by atoms with van der Waals surface area (Å²) in [5.41, 5.74) is 8.49. The lowest BCUT2D eigenvalue weighted by Crippen LogP contribution is -2.18. The van der Waals surface area contributed by atoms with Crippen molar-refractivity contribution in [3.8, 4) is 0 Å². The van der Waals surface area contributed by atoms with E-state index in [4.69, 9.17) is 10.5 Å². The first-order chi connectivity index (χ1) is 10.7. The van der Waals surface area contributed by atoms with E-state index in [0.717, 1.165) is 17.5 Å². The number of aromatic nitrogens is 1. The van der Waals surface area contributed by atoms with Gasteiger partial charge in [-0.1, -0.05) is 48.5 Å². The van der Waals surface area contributed by atoms with E-state index in [1.54, 1.807) is 0 Å². The number of para-hydroxylation sites is 1. The Labute approximate surface area is 128 Å². The van der Waals surface area contributed by atoms with Crippen LogP contribution in [0.15, 0.2) is 60.8 Å². The predicted molar refractivity (Wildman–Crippen MR) is 86.5 cm³/mol. The van der Waals surface area contributed by atoms with Gasteiger partial charge in [-0.3, -0.25) is 0 Å². The second-order valence-corrected chi connectivity index (χ2v) is 5.23. The fraction of sp³-hybridized carbons (Fsp3) is 0.167. The van der Waals surface area contributed by atoms with Gasteiger partial charge in [0.25, 0.3) is 0 Å². The molecule has 0 unspecified atom stereocenters. The number of benzene rings is 2. The van der Waals surface area contributed by atoms with Crippen LogP contribution in [0.3, 0.4) is 0 Å². The number of hydrogen-bond acceptors (Lipinski definition) is 2. The van der Waals surface area contributed by atoms with Crippen molar-refractivity contribution in [3.05, 3.63) is 71.9 Å². The Bertz CT molecular complexity index is 765. The Morgan fingerprint density at radius 1 is 1.09 bits per heavy atom. The molecule has 1 amide bonds. The van der Waals surface area contributed by atoms with Gasteiger partial charge in [-0.2, -0.15) is 0 Å². The van der Waals surface area contributed by atoms with Crippen LogP contribution in [0.2, 0.25) is 0 Å². The minimum Gasteiger partial charge on any atom is -0.442 e. The number of nitrogens with one attached hydrogen (secondary N) is 1. The van der Waals surface area contributed by atoms with Crippen LogP contribution in [0, 0.1) is 0 Å². The molecule has 0 aliphatic carbocycles. The van der Waals surface area contributed by atoms with Crippen LogP contribution in [-0.4, -0.2) is 11.1 Å². The number of rotatable bonds is 5. The van der Waals surface area contributed by atoms with Crippen molar-refractivity contribution < 1.29 is 9.53 Å². The van der Waals surface area contributed by atoms with E-state index >= 15 is 0 Å². The van der Waals surface area contributed by atoms with E-state index in [1.165, 1.54) is 10.9 Å². The number of aromatic amines is 1. The molecule has 1 aromatic heterocycles. The van der Waals surface area contributed by atoms with Crippen molar-refractivity contribution in [1.29, 1.82) is 0 Å². The van der Waals surface area contributed by atoms with Crippen molar-refractivity contribution >= 4 is 17.0 Å². The first-order valence-electron chi connectivity index (χ1n) is 7.30. The second-order valence-electron chi connectivity index (χ2n) is 5.23. The molecule has 22 heavy (non-hydrogen) atoms. The summed E-state index contributed by atoms with van der Waals surface area (Å²) in [6.45, 7) is 0. The smallest absolute Gasteiger partial charge is 0.405 e. The molecule has 1 atom stereocenters. The Balaban J connectivity index is 1.78. The summed E-state index contributed by atoms with van der Waals surface area (Å²) in [6.07, 6.45) is 2.43. The number of nitrogens with two attached hydrogens (primary N) is 1. The third-order valence-corrected chi connectivity index (χ3v) is 3.78. The molecule has 4 nitrogen and oxygen atoms in total. The Morgan fingerprint density at radius 2 is 1.82 bits per heavy atom. The summed E-state index contributed by atoms with van der Waals surface area (Å²) >= 11 is 0. The fourth-order valence-corrected chi connectivity index (χ4v) is 2.73. The lowest BCUT2D eigenvalue weighted by Gasteiger charge is -2.16. The summed E-state index contributed by atoms with van der Waals surface area (Å²) in [6, 6.07) is 17.9. The van der Waals surface area contributed by atoms with Crippen LogP contribution in [-0.2, 0) is 11.2 Å². The van der Waals surface area contributed by atoms with Crippen LogP contribution in [0.5, 0.6) is 0 Å². The van der Waals surface area contributed by atoms with Crippen molar-refractivity contribution in [2.45, 2.75) is 18.9 Å². The molecule has 0 bridgehead atoms. The van der Waals surface area contributed by atoms with Crippen LogP contribution < -0.4 is 5.73 Å². The Kier molecular flexibility index (Phi) is 4.10. The number of primary amides is 1. The molecular weight excluding hydrogens is 276 g/mol. The number of amides is 1. The third kappa shape index (κ3) is 3.11. The van der Waals surface area contributed by atoms with Gasteiger partial charge in [-0.05, 0) is 30.0 Å². The maximum Gasteiger partial charge on any atom is 0.405 e. The highest BCUT2D eigenvalue weighted by Crippen LogP contribution is 2.26. The molecule has 0 radical (unpaired) electrons. The van der Waals surface area contributed by atoms with Gasteiger partial charge in [-0.15, -0.1) is 0 Å². The van der Waals surface area contributed by atoms with Gasteiger partial charge in [0, 0.05) is 17.1 Å². The lowest BCUT2D eigenvalue weighted by atomic mass is 10.0. The van der Waals surface area contributed by atoms with Crippen LogP contribution in [0.25, 0.3) is 10.9 Å². The minimum atomic E-state index is -0.743. The summed E-state index contributed by atoms with van der Waals surface area (Å²) in [5, 5.41) is 1.20. The van der Waals surface area contributed by atoms with Crippen molar-refractivity contribution in [2.75, 3.05) is 0 Å². The first-order valence-corrected chi connectivity index (χ1v) is 7.30. The highest BCUT2D eigenvalue weighted by molar-refractivity contribution is 5.83. The SMILES string of the molecule is NC(=O)O[C@@H](CCc1c[nH]c2ccccc12)c1ccccc1. The maximum atomic E-state index is 11.2. The third-order valence-electron chi connectivity index (χ3n) is 3.78. The zero-order valence-corrected chi connectivity index (χ0v) is 12.2. The molecule has 2 aromatic carbocycles.